The first-order valence-corrected chi connectivity index (χ1v) is 7.35. The molecule has 1 unspecified atom stereocenters. The third kappa shape index (κ3) is 2.65. The number of para-hydroxylation sites is 1. The fourth-order valence-corrected chi connectivity index (χ4v) is 2.90. The maximum Gasteiger partial charge on any atom is 0.138 e. The Morgan fingerprint density at radius 3 is 3.00 bits per heavy atom. The van der Waals surface area contributed by atoms with E-state index in [1.165, 1.54) is 6.33 Å². The molecular weight excluding hydrogens is 266 g/mol. The number of aryl methyl sites for hydroxylation is 1. The zero-order valence-electron chi connectivity index (χ0n) is 12.7. The molecule has 21 heavy (non-hydrogen) atoms. The fourth-order valence-electron chi connectivity index (χ4n) is 2.90. The van der Waals surface area contributed by atoms with Crippen molar-refractivity contribution in [2.75, 3.05) is 0 Å². The van der Waals surface area contributed by atoms with E-state index in [2.05, 4.69) is 30.0 Å². The van der Waals surface area contributed by atoms with Crippen molar-refractivity contribution in [2.24, 2.45) is 0 Å². The molecule has 5 nitrogen and oxygen atoms in total. The first kappa shape index (κ1) is 14.1. The van der Waals surface area contributed by atoms with Crippen LogP contribution in [0.1, 0.15) is 43.8 Å². The number of hydrogen-bond donors (Lipinski definition) is 1. The standard InChI is InChI=1S/C16H21N3O2/c1-4-19-14(17-10-18-19)8-13(20)12-7-5-6-11-9-16(2,3)21-15(11)12/h5-7,10,13,20H,4,8-9H2,1-3H3. The zero-order valence-corrected chi connectivity index (χ0v) is 12.7. The van der Waals surface area contributed by atoms with Gasteiger partial charge in [-0.05, 0) is 26.3 Å². The zero-order chi connectivity index (χ0) is 15.0. The Balaban J connectivity index is 1.87. The van der Waals surface area contributed by atoms with Crippen LogP contribution in [0, 0.1) is 0 Å². The lowest BCUT2D eigenvalue weighted by Crippen LogP contribution is -2.25. The van der Waals surface area contributed by atoms with Crippen LogP contribution < -0.4 is 4.74 Å². The topological polar surface area (TPSA) is 60.2 Å². The predicted octanol–water partition coefficient (Wildman–Crippen LogP) is 2.29. The second-order valence-electron chi connectivity index (χ2n) is 6.09. The van der Waals surface area contributed by atoms with E-state index in [9.17, 15) is 5.11 Å². The van der Waals surface area contributed by atoms with Crippen LogP contribution in [0.3, 0.4) is 0 Å². The molecule has 0 saturated carbocycles. The molecule has 1 aliphatic rings. The van der Waals surface area contributed by atoms with Gasteiger partial charge >= 0.3 is 0 Å². The summed E-state index contributed by atoms with van der Waals surface area (Å²) in [5, 5.41) is 14.7. The average molecular weight is 287 g/mol. The fraction of sp³-hybridized carbons (Fsp3) is 0.500. The summed E-state index contributed by atoms with van der Waals surface area (Å²) in [5.74, 6) is 1.62. The molecule has 5 heteroatoms. The predicted molar refractivity (Wildman–Crippen MR) is 79.2 cm³/mol. The van der Waals surface area contributed by atoms with Crippen molar-refractivity contribution >= 4 is 0 Å². The van der Waals surface area contributed by atoms with Gasteiger partial charge in [0.05, 0.1) is 6.10 Å². The molecule has 0 amide bonds. The summed E-state index contributed by atoms with van der Waals surface area (Å²) in [6.07, 6.45) is 2.20. The van der Waals surface area contributed by atoms with Crippen molar-refractivity contribution in [3.8, 4) is 5.75 Å². The maximum atomic E-state index is 10.6. The summed E-state index contributed by atoms with van der Waals surface area (Å²) in [4.78, 5) is 4.23. The van der Waals surface area contributed by atoms with Gasteiger partial charge < -0.3 is 9.84 Å². The number of fused-ring (bicyclic) bond motifs is 1. The molecule has 1 aliphatic heterocycles. The quantitative estimate of drug-likeness (QED) is 0.937. The molecule has 0 radical (unpaired) electrons. The summed E-state index contributed by atoms with van der Waals surface area (Å²) in [6, 6.07) is 5.97. The Bertz CT molecular complexity index is 649. The van der Waals surface area contributed by atoms with Crippen LogP contribution in [0.5, 0.6) is 5.75 Å². The highest BCUT2D eigenvalue weighted by atomic mass is 16.5. The van der Waals surface area contributed by atoms with Crippen molar-refractivity contribution in [3.05, 3.63) is 41.5 Å². The minimum Gasteiger partial charge on any atom is -0.487 e. The molecule has 1 atom stereocenters. The largest absolute Gasteiger partial charge is 0.487 e. The van der Waals surface area contributed by atoms with Crippen molar-refractivity contribution in [2.45, 2.75) is 51.9 Å². The van der Waals surface area contributed by atoms with Gasteiger partial charge in [-0.25, -0.2) is 4.98 Å². The number of aliphatic hydroxyl groups excluding tert-OH is 1. The lowest BCUT2D eigenvalue weighted by molar-refractivity contribution is 0.125. The monoisotopic (exact) mass is 287 g/mol. The van der Waals surface area contributed by atoms with E-state index >= 15 is 0 Å². The average Bonchev–Trinajstić information content (AvgIpc) is 2.99. The van der Waals surface area contributed by atoms with Gasteiger partial charge in [0.2, 0.25) is 0 Å². The number of aromatic nitrogens is 3. The third-order valence-electron chi connectivity index (χ3n) is 3.85. The highest BCUT2D eigenvalue weighted by Crippen LogP contribution is 2.40. The van der Waals surface area contributed by atoms with E-state index < -0.39 is 6.10 Å². The summed E-state index contributed by atoms with van der Waals surface area (Å²) in [7, 11) is 0. The number of hydrogen-bond acceptors (Lipinski definition) is 4. The Hall–Kier alpha value is -1.88. The van der Waals surface area contributed by atoms with Gasteiger partial charge in [0, 0.05) is 24.9 Å². The van der Waals surface area contributed by atoms with E-state index in [1.807, 2.05) is 19.1 Å². The Morgan fingerprint density at radius 1 is 1.43 bits per heavy atom. The van der Waals surface area contributed by atoms with Gasteiger partial charge in [-0.1, -0.05) is 18.2 Å². The van der Waals surface area contributed by atoms with Crippen molar-refractivity contribution in [3.63, 3.8) is 0 Å². The Morgan fingerprint density at radius 2 is 2.24 bits per heavy atom. The van der Waals surface area contributed by atoms with Crippen LogP contribution in [0.15, 0.2) is 24.5 Å². The van der Waals surface area contributed by atoms with Crippen LogP contribution in [0.25, 0.3) is 0 Å². The van der Waals surface area contributed by atoms with Crippen LogP contribution in [0.4, 0.5) is 0 Å². The van der Waals surface area contributed by atoms with Crippen LogP contribution in [0.2, 0.25) is 0 Å². The summed E-state index contributed by atoms with van der Waals surface area (Å²) in [6.45, 7) is 6.89. The Labute approximate surface area is 124 Å². The van der Waals surface area contributed by atoms with Gasteiger partial charge in [0.1, 0.15) is 23.5 Å². The molecular formula is C16H21N3O2. The van der Waals surface area contributed by atoms with Gasteiger partial charge in [-0.2, -0.15) is 5.10 Å². The SMILES string of the molecule is CCn1ncnc1CC(O)c1cccc2c1OC(C)(C)C2. The minimum atomic E-state index is -0.636. The molecule has 0 bridgehead atoms. The molecule has 2 aromatic rings. The van der Waals surface area contributed by atoms with Gasteiger partial charge in [-0.15, -0.1) is 0 Å². The van der Waals surface area contributed by atoms with E-state index in [-0.39, 0.29) is 5.60 Å². The molecule has 0 saturated heterocycles. The normalized spacial score (nSPS) is 17.3. The second kappa shape index (κ2) is 5.15. The molecule has 0 aliphatic carbocycles. The summed E-state index contributed by atoms with van der Waals surface area (Å²) >= 11 is 0. The second-order valence-corrected chi connectivity index (χ2v) is 6.09. The molecule has 3 rings (SSSR count). The van der Waals surface area contributed by atoms with Crippen LogP contribution in [-0.4, -0.2) is 25.5 Å². The molecule has 2 heterocycles. The van der Waals surface area contributed by atoms with E-state index in [1.54, 1.807) is 4.68 Å². The highest BCUT2D eigenvalue weighted by molar-refractivity contribution is 5.47. The van der Waals surface area contributed by atoms with E-state index in [4.69, 9.17) is 4.74 Å². The lowest BCUT2D eigenvalue weighted by atomic mass is 9.98. The third-order valence-corrected chi connectivity index (χ3v) is 3.85. The van der Waals surface area contributed by atoms with Crippen LogP contribution >= 0.6 is 0 Å². The number of ether oxygens (including phenoxy) is 1. The molecule has 1 aromatic carbocycles. The minimum absolute atomic E-state index is 0.207. The summed E-state index contributed by atoms with van der Waals surface area (Å²) in [5.41, 5.74) is 1.79. The van der Waals surface area contributed by atoms with Crippen LogP contribution in [-0.2, 0) is 19.4 Å². The molecule has 0 fully saturated rings. The number of benzene rings is 1. The van der Waals surface area contributed by atoms with Crippen molar-refractivity contribution in [1.29, 1.82) is 0 Å². The lowest BCUT2D eigenvalue weighted by Gasteiger charge is -2.20. The molecule has 0 spiro atoms. The maximum absolute atomic E-state index is 10.6. The number of aliphatic hydroxyl groups is 1. The molecule has 112 valence electrons. The molecule has 1 N–H and O–H groups in total. The Kier molecular flexibility index (Phi) is 3.45. The first-order chi connectivity index (χ1) is 10.00. The summed E-state index contributed by atoms with van der Waals surface area (Å²) < 4.78 is 7.82. The van der Waals surface area contributed by atoms with Gasteiger partial charge in [0.25, 0.3) is 0 Å². The highest BCUT2D eigenvalue weighted by Gasteiger charge is 2.33. The van der Waals surface area contributed by atoms with Crippen molar-refractivity contribution < 1.29 is 9.84 Å². The van der Waals surface area contributed by atoms with E-state index in [0.717, 1.165) is 35.7 Å². The first-order valence-electron chi connectivity index (χ1n) is 7.35. The van der Waals surface area contributed by atoms with E-state index in [0.29, 0.717) is 6.42 Å². The number of nitrogens with zero attached hydrogens (tertiary/aromatic N) is 3. The van der Waals surface area contributed by atoms with Crippen molar-refractivity contribution in [1.82, 2.24) is 14.8 Å². The molecule has 1 aromatic heterocycles. The smallest absolute Gasteiger partial charge is 0.138 e. The number of rotatable bonds is 4. The van der Waals surface area contributed by atoms with Gasteiger partial charge in [0.15, 0.2) is 0 Å². The van der Waals surface area contributed by atoms with Gasteiger partial charge in [-0.3, -0.25) is 4.68 Å².